The van der Waals surface area contributed by atoms with Crippen LogP contribution in [0.3, 0.4) is 0 Å². The molecule has 0 radical (unpaired) electrons. The number of hydrogen-bond acceptors (Lipinski definition) is 15. The van der Waals surface area contributed by atoms with Crippen LogP contribution in [0.2, 0.25) is 0 Å². The number of halogens is 3. The first-order chi connectivity index (χ1) is 24.8. The molecule has 3 aromatic carbocycles. The molecule has 0 bridgehead atoms. The van der Waals surface area contributed by atoms with Crippen molar-refractivity contribution >= 4 is 87.8 Å². The van der Waals surface area contributed by atoms with Crippen molar-refractivity contribution in [2.45, 2.75) is 51.9 Å². The highest BCUT2D eigenvalue weighted by atomic mass is 36.0. The smallest absolute Gasteiger partial charge is 0.345 e. The zero-order valence-corrected chi connectivity index (χ0v) is 29.6. The van der Waals surface area contributed by atoms with Gasteiger partial charge in [0.05, 0.1) is 44.3 Å². The van der Waals surface area contributed by atoms with Crippen LogP contribution in [0, 0.1) is 30.3 Å². The predicted octanol–water partition coefficient (Wildman–Crippen LogP) is 6.33. The molecule has 23 heteroatoms. The first kappa shape index (κ1) is 44.6. The fourth-order valence-electron chi connectivity index (χ4n) is 4.70. The highest BCUT2D eigenvalue weighted by Crippen LogP contribution is 2.33. The number of carbonyl (C=O) groups excluding carboxylic acids is 4. The van der Waals surface area contributed by atoms with Crippen LogP contribution in [0.25, 0.3) is 0 Å². The fourth-order valence-corrected chi connectivity index (χ4v) is 4.82. The standard InChI is InChI=1S/C10H6ClNO5.C10H7NO6.C10H9NO4.CH4.Cl2OS/c11-10(14)9-4-7(13)6-3-5(12(15)16)1-2-8(6)17-9;12-7-4-9(10(13)14)17-8-2-1-5(11(15)16)3-6(7)8;1-6-4-9(12)8-5-7(11(13)14)2-3-10(8)15-6;;1-4(2)3/h1-3,9H,4H2;1-3,9H,4H2,(H,13,14);2-3,5-6H,4H2,1H3;1H4;. The Bertz CT molecular complexity index is 1950. The highest BCUT2D eigenvalue weighted by Gasteiger charge is 2.33. The summed E-state index contributed by atoms with van der Waals surface area (Å²) in [6.45, 7) is 1.79. The zero-order chi connectivity index (χ0) is 39.7. The SMILES string of the molecule is C.CC1CC(=O)c2cc([N+](=O)[O-])ccc2O1.O=C1CC(C(=O)Cl)Oc2ccc([N+](=O)[O-])cc21.O=C1CC(C(=O)O)Oc2ccc([N+](=O)[O-])cc21.O=S(Cl)Cl. The molecule has 3 heterocycles. The molecule has 0 spiro atoms. The summed E-state index contributed by atoms with van der Waals surface area (Å²) in [6.07, 6.45) is -2.64. The van der Waals surface area contributed by atoms with Gasteiger partial charge in [-0.3, -0.25) is 49.5 Å². The molecule has 19 nitrogen and oxygen atoms in total. The van der Waals surface area contributed by atoms with Gasteiger partial charge >= 0.3 is 5.97 Å². The van der Waals surface area contributed by atoms with Crippen LogP contribution in [0.15, 0.2) is 54.6 Å². The second kappa shape index (κ2) is 19.5. The number of Topliss-reactive ketones (excluding diaryl/α,β-unsaturated/α-hetero) is 3. The van der Waals surface area contributed by atoms with Gasteiger partial charge in [-0.15, -0.1) is 0 Å². The molecule has 288 valence electrons. The number of hydrogen-bond donors (Lipinski definition) is 1. The topological polar surface area (TPSA) is 280 Å². The van der Waals surface area contributed by atoms with Crippen LogP contribution >= 0.6 is 33.0 Å². The van der Waals surface area contributed by atoms with Gasteiger partial charge in [-0.1, -0.05) is 7.43 Å². The van der Waals surface area contributed by atoms with Gasteiger partial charge in [0.15, 0.2) is 23.5 Å². The van der Waals surface area contributed by atoms with Crippen LogP contribution in [-0.4, -0.2) is 71.0 Å². The Hall–Kier alpha value is -5.57. The Labute approximate surface area is 319 Å². The summed E-state index contributed by atoms with van der Waals surface area (Å²) in [4.78, 5) is 86.3. The predicted molar refractivity (Wildman–Crippen MR) is 190 cm³/mol. The molecule has 0 aliphatic carbocycles. The maximum Gasteiger partial charge on any atom is 0.345 e. The number of benzene rings is 3. The zero-order valence-electron chi connectivity index (χ0n) is 26.5. The molecular weight excluding hydrogens is 809 g/mol. The van der Waals surface area contributed by atoms with E-state index in [1.807, 2.05) is 0 Å². The molecule has 3 aliphatic rings. The number of fused-ring (bicyclic) bond motifs is 3. The maximum absolute atomic E-state index is 11.7. The second-order valence-electron chi connectivity index (χ2n) is 10.7. The molecule has 0 fully saturated rings. The second-order valence-corrected chi connectivity index (χ2v) is 13.6. The lowest BCUT2D eigenvalue weighted by molar-refractivity contribution is -0.385. The van der Waals surface area contributed by atoms with E-state index < -0.39 is 59.0 Å². The van der Waals surface area contributed by atoms with E-state index in [2.05, 4.69) is 21.4 Å². The molecule has 3 aliphatic heterocycles. The number of nitro groups is 3. The van der Waals surface area contributed by atoms with Gasteiger partial charge in [0.2, 0.25) is 15.3 Å². The molecule has 0 amide bonds. The number of carbonyl (C=O) groups is 5. The maximum atomic E-state index is 11.7. The van der Waals surface area contributed by atoms with Gasteiger partial charge in [-0.2, -0.15) is 0 Å². The Morgan fingerprint density at radius 1 is 0.685 bits per heavy atom. The van der Waals surface area contributed by atoms with Crippen LogP contribution in [0.5, 0.6) is 17.2 Å². The van der Waals surface area contributed by atoms with E-state index in [0.717, 1.165) is 18.2 Å². The third-order valence-electron chi connectivity index (χ3n) is 7.03. The van der Waals surface area contributed by atoms with E-state index in [9.17, 15) is 54.3 Å². The summed E-state index contributed by atoms with van der Waals surface area (Å²) < 4.78 is 24.7. The molecule has 3 unspecified atom stereocenters. The molecule has 54 heavy (non-hydrogen) atoms. The van der Waals surface area contributed by atoms with Crippen LogP contribution in [-0.2, 0) is 18.8 Å². The Morgan fingerprint density at radius 3 is 1.33 bits per heavy atom. The average molecular weight is 835 g/mol. The van der Waals surface area contributed by atoms with Crippen molar-refractivity contribution in [1.29, 1.82) is 0 Å². The number of non-ortho nitro benzene ring substituents is 3. The highest BCUT2D eigenvalue weighted by molar-refractivity contribution is 8.26. The normalized spacial score (nSPS) is 17.4. The summed E-state index contributed by atoms with van der Waals surface area (Å²) in [5.41, 5.74) is -0.0431. The van der Waals surface area contributed by atoms with Crippen LogP contribution < -0.4 is 14.2 Å². The van der Waals surface area contributed by atoms with Crippen LogP contribution in [0.1, 0.15) is 64.7 Å². The number of carboxylic acid groups (broad SMARTS) is 1. The van der Waals surface area contributed by atoms with Gasteiger partial charge in [-0.05, 0) is 36.7 Å². The summed E-state index contributed by atoms with van der Waals surface area (Å²) >= 11 is 5.25. The van der Waals surface area contributed by atoms with Gasteiger partial charge in [0, 0.05) is 64.2 Å². The van der Waals surface area contributed by atoms with Crippen molar-refractivity contribution in [3.63, 3.8) is 0 Å². The summed E-state index contributed by atoms with van der Waals surface area (Å²) in [7, 11) is 7.36. The minimum atomic E-state index is -1.67. The average Bonchev–Trinajstić information content (AvgIpc) is 3.07. The van der Waals surface area contributed by atoms with E-state index in [4.69, 9.17) is 35.1 Å². The monoisotopic (exact) mass is 833 g/mol. The molecule has 0 saturated carbocycles. The fraction of sp³-hybridized carbons (Fsp3) is 0.258. The van der Waals surface area contributed by atoms with E-state index in [-0.39, 0.29) is 78.3 Å². The van der Waals surface area contributed by atoms with Crippen LogP contribution in [0.4, 0.5) is 17.1 Å². The van der Waals surface area contributed by atoms with Gasteiger partial charge in [-0.25, -0.2) is 9.00 Å². The lowest BCUT2D eigenvalue weighted by Crippen LogP contribution is -2.33. The quantitative estimate of drug-likeness (QED) is 0.167. The third-order valence-corrected chi connectivity index (χ3v) is 7.28. The first-order valence-corrected chi connectivity index (χ1v) is 17.6. The number of nitro benzene ring substituents is 3. The van der Waals surface area contributed by atoms with Crippen molar-refractivity contribution < 1.29 is 62.3 Å². The van der Waals surface area contributed by atoms with Crippen molar-refractivity contribution in [2.75, 3.05) is 0 Å². The molecule has 3 atom stereocenters. The van der Waals surface area contributed by atoms with Crippen molar-refractivity contribution in [1.82, 2.24) is 0 Å². The number of ketones is 3. The Morgan fingerprint density at radius 2 is 1.00 bits per heavy atom. The summed E-state index contributed by atoms with van der Waals surface area (Å²) in [6, 6.07) is 11.2. The lowest BCUT2D eigenvalue weighted by atomic mass is 10.0. The molecule has 0 saturated heterocycles. The van der Waals surface area contributed by atoms with Crippen molar-refractivity contribution in [2.24, 2.45) is 0 Å². The number of rotatable bonds is 5. The van der Waals surface area contributed by atoms with Crippen molar-refractivity contribution in [3.8, 4) is 17.2 Å². The minimum absolute atomic E-state index is 0. The number of aliphatic carboxylic acids is 1. The first-order valence-electron chi connectivity index (χ1n) is 14.4. The number of carboxylic acids is 1. The molecule has 1 N–H and O–H groups in total. The van der Waals surface area contributed by atoms with Gasteiger partial charge in [0.25, 0.3) is 22.3 Å². The lowest BCUT2D eigenvalue weighted by Gasteiger charge is -2.21. The molecule has 6 rings (SSSR count). The largest absolute Gasteiger partial charge is 0.489 e. The van der Waals surface area contributed by atoms with E-state index >= 15 is 0 Å². The van der Waals surface area contributed by atoms with E-state index in [1.165, 1.54) is 36.4 Å². The Kier molecular flexibility index (Phi) is 16.1. The Balaban J connectivity index is 0.000000265. The third kappa shape index (κ3) is 12.0. The number of ether oxygens (including phenoxy) is 3. The van der Waals surface area contributed by atoms with E-state index in [0.29, 0.717) is 11.3 Å². The van der Waals surface area contributed by atoms with Gasteiger partial charge in [0.1, 0.15) is 23.4 Å². The minimum Gasteiger partial charge on any atom is -0.489 e. The summed E-state index contributed by atoms with van der Waals surface area (Å²) in [5.74, 6) is -1.56. The van der Waals surface area contributed by atoms with Gasteiger partial charge < -0.3 is 19.3 Å². The molecule has 0 aromatic heterocycles. The summed E-state index contributed by atoms with van der Waals surface area (Å²) in [5, 5.41) is 39.6. The molecular formula is C31H26Cl3N3O16S. The molecule has 3 aromatic rings. The van der Waals surface area contributed by atoms with E-state index in [1.54, 1.807) is 6.92 Å². The number of nitrogens with zero attached hydrogens (tertiary/aromatic N) is 3. The van der Waals surface area contributed by atoms with Crippen molar-refractivity contribution in [3.05, 3.63) is 102 Å².